The third-order valence-electron chi connectivity index (χ3n) is 4.96. The summed E-state index contributed by atoms with van der Waals surface area (Å²) in [5.74, 6) is -0.359. The van der Waals surface area contributed by atoms with E-state index in [-0.39, 0.29) is 35.1 Å². The Labute approximate surface area is 150 Å². The summed E-state index contributed by atoms with van der Waals surface area (Å²) in [5, 5.41) is 3.90. The van der Waals surface area contributed by atoms with Crippen molar-refractivity contribution < 1.29 is 22.7 Å². The third-order valence-corrected chi connectivity index (χ3v) is 4.96. The second kappa shape index (κ2) is 5.52. The summed E-state index contributed by atoms with van der Waals surface area (Å²) in [5.41, 5.74) is -0.547. The van der Waals surface area contributed by atoms with Gasteiger partial charge in [-0.2, -0.15) is 18.3 Å². The van der Waals surface area contributed by atoms with E-state index in [0.29, 0.717) is 13.2 Å². The minimum absolute atomic E-state index is 0.00502. The van der Waals surface area contributed by atoms with Crippen LogP contribution in [0.4, 0.5) is 13.2 Å². The van der Waals surface area contributed by atoms with Gasteiger partial charge < -0.3 is 9.64 Å². The maximum absolute atomic E-state index is 13.4. The molecule has 27 heavy (non-hydrogen) atoms. The van der Waals surface area contributed by atoms with Crippen molar-refractivity contribution in [3.8, 4) is 5.69 Å². The number of hydrogen-bond acceptors (Lipinski definition) is 5. The summed E-state index contributed by atoms with van der Waals surface area (Å²) in [6.07, 6.45) is 0.838. The number of imidazole rings is 1. The van der Waals surface area contributed by atoms with Crippen LogP contribution in [0, 0.1) is 0 Å². The topological polar surface area (TPSA) is 77.5 Å². The lowest BCUT2D eigenvalue weighted by Gasteiger charge is -2.26. The van der Waals surface area contributed by atoms with Gasteiger partial charge in [-0.3, -0.25) is 9.20 Å². The van der Waals surface area contributed by atoms with Gasteiger partial charge in [-0.05, 0) is 12.5 Å². The minimum Gasteiger partial charge on any atom is -0.374 e. The molecule has 8 nitrogen and oxygen atoms in total. The monoisotopic (exact) mass is 378 g/mol. The predicted octanol–water partition coefficient (Wildman–Crippen LogP) is 1.55. The molecule has 3 aromatic rings. The van der Waals surface area contributed by atoms with Gasteiger partial charge >= 0.3 is 6.18 Å². The molecule has 2 saturated heterocycles. The quantitative estimate of drug-likeness (QED) is 0.676. The lowest BCUT2D eigenvalue weighted by molar-refractivity contribution is -0.137. The number of pyridine rings is 1. The van der Waals surface area contributed by atoms with Gasteiger partial charge in [0.1, 0.15) is 24.0 Å². The molecule has 11 heteroatoms. The molecule has 2 fully saturated rings. The standard InChI is InChI=1S/C16H13F3N6O2/c17-16(18,19)9-1-12(25-8-20-7-22-25)14-21-3-13(24(14)4-9)15(26)23-5-11-2-10(23)6-27-11/h1,3-4,7-8,10-11H,2,5-6H2/t10-,11-/m0/s1. The maximum atomic E-state index is 13.4. The molecule has 0 aliphatic carbocycles. The first kappa shape index (κ1) is 16.2. The van der Waals surface area contributed by atoms with Crippen LogP contribution in [0.25, 0.3) is 11.3 Å². The van der Waals surface area contributed by atoms with Crippen LogP contribution in [0.15, 0.2) is 31.1 Å². The number of alkyl halides is 3. The molecule has 1 amide bonds. The number of aromatic nitrogens is 5. The molecule has 2 aliphatic rings. The molecular weight excluding hydrogens is 365 g/mol. The number of rotatable bonds is 2. The Kier molecular flexibility index (Phi) is 3.32. The number of ether oxygens (including phenoxy) is 1. The number of morpholine rings is 1. The summed E-state index contributed by atoms with van der Waals surface area (Å²) >= 11 is 0. The smallest absolute Gasteiger partial charge is 0.374 e. The number of likely N-dealkylation sites (tertiary alicyclic amines) is 1. The molecule has 0 saturated carbocycles. The van der Waals surface area contributed by atoms with Crippen molar-refractivity contribution in [3.05, 3.63) is 42.4 Å². The summed E-state index contributed by atoms with van der Waals surface area (Å²) in [7, 11) is 0. The summed E-state index contributed by atoms with van der Waals surface area (Å²) in [4.78, 5) is 22.6. The minimum atomic E-state index is -4.59. The van der Waals surface area contributed by atoms with E-state index in [1.807, 2.05) is 0 Å². The van der Waals surface area contributed by atoms with Crippen molar-refractivity contribution in [1.29, 1.82) is 0 Å². The van der Waals surface area contributed by atoms with Crippen LogP contribution < -0.4 is 0 Å². The lowest BCUT2D eigenvalue weighted by atomic mass is 10.2. The van der Waals surface area contributed by atoms with Gasteiger partial charge in [0, 0.05) is 12.7 Å². The molecule has 0 aromatic carbocycles. The number of carbonyl (C=O) groups excluding carboxylic acids is 1. The Morgan fingerprint density at radius 3 is 2.81 bits per heavy atom. The average molecular weight is 378 g/mol. The second-order valence-electron chi connectivity index (χ2n) is 6.59. The van der Waals surface area contributed by atoms with E-state index in [0.717, 1.165) is 18.7 Å². The van der Waals surface area contributed by atoms with Crippen LogP contribution in [0.3, 0.4) is 0 Å². The van der Waals surface area contributed by atoms with Crippen molar-refractivity contribution in [2.75, 3.05) is 13.2 Å². The first-order valence-electron chi connectivity index (χ1n) is 8.27. The number of carbonyl (C=O) groups is 1. The molecule has 5 rings (SSSR count). The average Bonchev–Trinajstić information content (AvgIpc) is 3.43. The molecule has 2 aliphatic heterocycles. The fourth-order valence-electron chi connectivity index (χ4n) is 3.68. The first-order valence-corrected chi connectivity index (χ1v) is 8.27. The zero-order valence-corrected chi connectivity index (χ0v) is 13.8. The van der Waals surface area contributed by atoms with Crippen molar-refractivity contribution in [2.45, 2.75) is 24.7 Å². The Bertz CT molecular complexity index is 1030. The van der Waals surface area contributed by atoms with Gasteiger partial charge in [-0.15, -0.1) is 0 Å². The third kappa shape index (κ3) is 2.49. The Morgan fingerprint density at radius 2 is 2.19 bits per heavy atom. The lowest BCUT2D eigenvalue weighted by Crippen LogP contribution is -2.41. The van der Waals surface area contributed by atoms with Crippen LogP contribution in [-0.4, -0.2) is 60.3 Å². The maximum Gasteiger partial charge on any atom is 0.417 e. The molecule has 5 heterocycles. The molecule has 0 spiro atoms. The van der Waals surface area contributed by atoms with Gasteiger partial charge in [0.05, 0.1) is 30.5 Å². The summed E-state index contributed by atoms with van der Waals surface area (Å²) in [6.45, 7) is 0.886. The van der Waals surface area contributed by atoms with Crippen molar-refractivity contribution in [2.24, 2.45) is 0 Å². The van der Waals surface area contributed by atoms with Crippen LogP contribution in [-0.2, 0) is 10.9 Å². The van der Waals surface area contributed by atoms with E-state index in [2.05, 4.69) is 15.1 Å². The molecule has 0 radical (unpaired) electrons. The van der Waals surface area contributed by atoms with E-state index in [1.165, 1.54) is 27.9 Å². The number of fused-ring (bicyclic) bond motifs is 3. The first-order chi connectivity index (χ1) is 12.9. The van der Waals surface area contributed by atoms with Gasteiger partial charge in [0.25, 0.3) is 5.91 Å². The van der Waals surface area contributed by atoms with Crippen LogP contribution in [0.2, 0.25) is 0 Å². The molecule has 2 bridgehead atoms. The van der Waals surface area contributed by atoms with Gasteiger partial charge in [-0.25, -0.2) is 14.6 Å². The zero-order chi connectivity index (χ0) is 18.8. The summed E-state index contributed by atoms with van der Waals surface area (Å²) in [6, 6.07) is 0.894. The fraction of sp³-hybridized carbons (Fsp3) is 0.375. The van der Waals surface area contributed by atoms with Crippen LogP contribution in [0.5, 0.6) is 0 Å². The van der Waals surface area contributed by atoms with E-state index in [1.54, 1.807) is 4.90 Å². The van der Waals surface area contributed by atoms with E-state index in [9.17, 15) is 18.0 Å². The highest BCUT2D eigenvalue weighted by Crippen LogP contribution is 2.33. The Hall–Kier alpha value is -2.95. The Morgan fingerprint density at radius 1 is 1.33 bits per heavy atom. The SMILES string of the molecule is O=C(c1cnc2c(-n3cncn3)cc(C(F)(F)F)cn12)N1C[C@@H]2C[C@H]1CO2. The molecular formula is C16H13F3N6O2. The van der Waals surface area contributed by atoms with Crippen molar-refractivity contribution in [3.63, 3.8) is 0 Å². The normalized spacial score (nSPS) is 22.1. The Balaban J connectivity index is 1.66. The van der Waals surface area contributed by atoms with E-state index < -0.39 is 11.7 Å². The highest BCUT2D eigenvalue weighted by Gasteiger charge is 2.42. The van der Waals surface area contributed by atoms with Crippen molar-refractivity contribution in [1.82, 2.24) is 29.0 Å². The highest BCUT2D eigenvalue weighted by molar-refractivity contribution is 5.94. The fourth-order valence-corrected chi connectivity index (χ4v) is 3.68. The molecule has 0 unspecified atom stereocenters. The molecule has 2 atom stereocenters. The number of halogens is 3. The van der Waals surface area contributed by atoms with E-state index >= 15 is 0 Å². The van der Waals surface area contributed by atoms with Gasteiger partial charge in [0.15, 0.2) is 5.65 Å². The molecule has 140 valence electrons. The van der Waals surface area contributed by atoms with Crippen molar-refractivity contribution >= 4 is 11.6 Å². The molecule has 3 aromatic heterocycles. The predicted molar refractivity (Wildman–Crippen MR) is 84.3 cm³/mol. The second-order valence-corrected chi connectivity index (χ2v) is 6.59. The van der Waals surface area contributed by atoms with Crippen LogP contribution in [0.1, 0.15) is 22.5 Å². The molecule has 0 N–H and O–H groups in total. The number of amides is 1. The number of hydrogen-bond donors (Lipinski definition) is 0. The highest BCUT2D eigenvalue weighted by atomic mass is 19.4. The van der Waals surface area contributed by atoms with E-state index in [4.69, 9.17) is 4.74 Å². The zero-order valence-electron chi connectivity index (χ0n) is 13.8. The number of nitrogens with zero attached hydrogens (tertiary/aromatic N) is 6. The van der Waals surface area contributed by atoms with Crippen LogP contribution >= 0.6 is 0 Å². The van der Waals surface area contributed by atoms with Gasteiger partial charge in [-0.1, -0.05) is 0 Å². The summed E-state index contributed by atoms with van der Waals surface area (Å²) < 4.78 is 48.1. The largest absolute Gasteiger partial charge is 0.417 e. The van der Waals surface area contributed by atoms with Gasteiger partial charge in [0.2, 0.25) is 0 Å².